The summed E-state index contributed by atoms with van der Waals surface area (Å²) in [4.78, 5) is -0.491. The smallest absolute Gasteiger partial charge is 0.406 e. The highest BCUT2D eigenvalue weighted by Crippen LogP contribution is 2.26. The number of anilines is 1. The Morgan fingerprint density at radius 1 is 0.913 bits per heavy atom. The highest BCUT2D eigenvalue weighted by molar-refractivity contribution is 7.92. The molecular weight excluding hydrogens is 345 g/mol. The number of hydrogen-bond acceptors (Lipinski definition) is 3. The molecule has 0 unspecified atom stereocenters. The number of nitrogens with one attached hydrogen (secondary N) is 1. The summed E-state index contributed by atoms with van der Waals surface area (Å²) >= 11 is 0. The van der Waals surface area contributed by atoms with E-state index in [4.69, 9.17) is 0 Å². The Morgan fingerprint density at radius 3 is 1.91 bits per heavy atom. The molecule has 4 nitrogen and oxygen atoms in total. The molecule has 2 rings (SSSR count). The van der Waals surface area contributed by atoms with Crippen LogP contribution in [0.2, 0.25) is 0 Å². The monoisotopic (exact) mass is 353 g/mol. The van der Waals surface area contributed by atoms with Crippen LogP contribution in [0.1, 0.15) is 0 Å². The average Bonchev–Trinajstić information content (AvgIpc) is 2.42. The third-order valence-electron chi connectivity index (χ3n) is 2.57. The van der Waals surface area contributed by atoms with Gasteiger partial charge in [-0.1, -0.05) is 6.07 Å². The molecule has 1 N–H and O–H groups in total. The van der Waals surface area contributed by atoms with Crippen LogP contribution < -0.4 is 9.46 Å². The van der Waals surface area contributed by atoms with Crippen molar-refractivity contribution in [3.05, 3.63) is 54.1 Å². The summed E-state index contributed by atoms with van der Waals surface area (Å²) in [5.41, 5.74) is -0.886. The first kappa shape index (κ1) is 17.0. The first-order valence-corrected chi connectivity index (χ1v) is 7.39. The third kappa shape index (κ3) is 4.31. The highest BCUT2D eigenvalue weighted by Gasteiger charge is 2.31. The maximum atomic E-state index is 13.4. The van der Waals surface area contributed by atoms with Gasteiger partial charge in [-0.25, -0.2) is 17.2 Å². The van der Waals surface area contributed by atoms with Crippen LogP contribution in [0.3, 0.4) is 0 Å². The number of alkyl halides is 3. The van der Waals surface area contributed by atoms with E-state index in [9.17, 15) is 30.4 Å². The second-order valence-electron chi connectivity index (χ2n) is 4.22. The fourth-order valence-electron chi connectivity index (χ4n) is 1.61. The lowest BCUT2D eigenvalue weighted by molar-refractivity contribution is -0.274. The maximum Gasteiger partial charge on any atom is 0.573 e. The Bertz CT molecular complexity index is 783. The second kappa shape index (κ2) is 6.03. The summed E-state index contributed by atoms with van der Waals surface area (Å²) in [7, 11) is -4.39. The van der Waals surface area contributed by atoms with E-state index < -0.39 is 44.4 Å². The van der Waals surface area contributed by atoms with Gasteiger partial charge in [0, 0.05) is 0 Å². The predicted molar refractivity (Wildman–Crippen MR) is 70.3 cm³/mol. The molecule has 0 bridgehead atoms. The molecule has 2 aromatic rings. The SMILES string of the molecule is O=S(=O)(Nc1c(F)cccc1F)c1ccc(OC(F)(F)F)cc1. The van der Waals surface area contributed by atoms with Gasteiger partial charge in [0.1, 0.15) is 23.1 Å². The van der Waals surface area contributed by atoms with Crippen molar-refractivity contribution in [1.82, 2.24) is 0 Å². The molecular formula is C13H8F5NO3S. The normalized spacial score (nSPS) is 12.0. The van der Waals surface area contributed by atoms with Crippen molar-refractivity contribution in [2.24, 2.45) is 0 Å². The van der Waals surface area contributed by atoms with Gasteiger partial charge in [-0.2, -0.15) is 0 Å². The molecule has 0 spiro atoms. The van der Waals surface area contributed by atoms with Crippen molar-refractivity contribution in [3.8, 4) is 5.75 Å². The summed E-state index contributed by atoms with van der Waals surface area (Å²) in [5.74, 6) is -2.90. The zero-order valence-corrected chi connectivity index (χ0v) is 11.9. The molecule has 0 fully saturated rings. The molecule has 10 heteroatoms. The number of ether oxygens (including phenoxy) is 1. The van der Waals surface area contributed by atoms with Crippen LogP contribution >= 0.6 is 0 Å². The van der Waals surface area contributed by atoms with Crippen LogP contribution in [-0.2, 0) is 10.0 Å². The lowest BCUT2D eigenvalue weighted by Gasteiger charge is -2.11. The van der Waals surface area contributed by atoms with Crippen molar-refractivity contribution in [3.63, 3.8) is 0 Å². The summed E-state index contributed by atoms with van der Waals surface area (Å²) in [6.45, 7) is 0. The van der Waals surface area contributed by atoms with Crippen LogP contribution in [0, 0.1) is 11.6 Å². The van der Waals surface area contributed by atoms with Crippen LogP contribution in [0.25, 0.3) is 0 Å². The van der Waals surface area contributed by atoms with E-state index in [1.165, 1.54) is 0 Å². The van der Waals surface area contributed by atoms with Gasteiger partial charge in [-0.05, 0) is 36.4 Å². The topological polar surface area (TPSA) is 55.4 Å². The third-order valence-corrected chi connectivity index (χ3v) is 3.93. The Labute approximate surface area is 127 Å². The van der Waals surface area contributed by atoms with Crippen LogP contribution in [-0.4, -0.2) is 14.8 Å². The van der Waals surface area contributed by atoms with Gasteiger partial charge in [0.05, 0.1) is 4.90 Å². The minimum Gasteiger partial charge on any atom is -0.406 e. The number of halogens is 5. The van der Waals surface area contributed by atoms with Gasteiger partial charge in [0.2, 0.25) is 0 Å². The fraction of sp³-hybridized carbons (Fsp3) is 0.0769. The van der Waals surface area contributed by atoms with E-state index in [0.29, 0.717) is 0 Å². The number of para-hydroxylation sites is 1. The molecule has 124 valence electrons. The zero-order chi connectivity index (χ0) is 17.3. The second-order valence-corrected chi connectivity index (χ2v) is 5.90. The van der Waals surface area contributed by atoms with Gasteiger partial charge in [-0.3, -0.25) is 4.72 Å². The Kier molecular flexibility index (Phi) is 4.46. The van der Waals surface area contributed by atoms with Gasteiger partial charge in [-0.15, -0.1) is 13.2 Å². The van der Waals surface area contributed by atoms with E-state index in [1.54, 1.807) is 4.72 Å². The minimum absolute atomic E-state index is 0.491. The first-order chi connectivity index (χ1) is 10.6. The quantitative estimate of drug-likeness (QED) is 0.854. The number of benzene rings is 2. The summed E-state index contributed by atoms with van der Waals surface area (Å²) in [6, 6.07) is 5.89. The summed E-state index contributed by atoms with van der Waals surface area (Å²) in [5, 5.41) is 0. The average molecular weight is 353 g/mol. The highest BCUT2D eigenvalue weighted by atomic mass is 32.2. The Balaban J connectivity index is 2.26. The number of sulfonamides is 1. The van der Waals surface area contributed by atoms with Crippen LogP contribution in [0.15, 0.2) is 47.4 Å². The first-order valence-electron chi connectivity index (χ1n) is 5.91. The largest absolute Gasteiger partial charge is 0.573 e. The number of hydrogen-bond donors (Lipinski definition) is 1. The van der Waals surface area contributed by atoms with Gasteiger partial charge in [0.25, 0.3) is 10.0 Å². The number of rotatable bonds is 4. The van der Waals surface area contributed by atoms with Crippen LogP contribution in [0.4, 0.5) is 27.6 Å². The van der Waals surface area contributed by atoms with E-state index in [-0.39, 0.29) is 0 Å². The summed E-state index contributed by atoms with van der Waals surface area (Å²) < 4.78 is 92.2. The van der Waals surface area contributed by atoms with Crippen molar-refractivity contribution in [2.45, 2.75) is 11.3 Å². The van der Waals surface area contributed by atoms with E-state index in [0.717, 1.165) is 42.5 Å². The van der Waals surface area contributed by atoms with Crippen LogP contribution in [0.5, 0.6) is 5.75 Å². The minimum atomic E-state index is -4.92. The maximum absolute atomic E-state index is 13.4. The van der Waals surface area contributed by atoms with E-state index in [1.807, 2.05) is 0 Å². The van der Waals surface area contributed by atoms with E-state index >= 15 is 0 Å². The molecule has 0 atom stereocenters. The van der Waals surface area contributed by atoms with Gasteiger partial charge < -0.3 is 4.74 Å². The van der Waals surface area contributed by atoms with E-state index in [2.05, 4.69) is 4.74 Å². The molecule has 0 aliphatic rings. The molecule has 0 heterocycles. The fourth-order valence-corrected chi connectivity index (χ4v) is 2.69. The molecule has 23 heavy (non-hydrogen) atoms. The van der Waals surface area contributed by atoms with Crippen molar-refractivity contribution >= 4 is 15.7 Å². The molecule has 0 saturated heterocycles. The Morgan fingerprint density at radius 2 is 1.43 bits per heavy atom. The molecule has 0 aromatic heterocycles. The predicted octanol–water partition coefficient (Wildman–Crippen LogP) is 3.66. The summed E-state index contributed by atoms with van der Waals surface area (Å²) in [6.07, 6.45) is -4.92. The molecule has 0 saturated carbocycles. The molecule has 0 radical (unpaired) electrons. The lowest BCUT2D eigenvalue weighted by Crippen LogP contribution is -2.17. The van der Waals surface area contributed by atoms with Crippen molar-refractivity contribution < 1.29 is 35.1 Å². The molecule has 0 aliphatic carbocycles. The molecule has 2 aromatic carbocycles. The molecule has 0 amide bonds. The zero-order valence-electron chi connectivity index (χ0n) is 11.1. The van der Waals surface area contributed by atoms with Crippen molar-refractivity contribution in [1.29, 1.82) is 0 Å². The van der Waals surface area contributed by atoms with Crippen molar-refractivity contribution in [2.75, 3.05) is 4.72 Å². The standard InChI is InChI=1S/C13H8F5NO3S/c14-10-2-1-3-11(15)12(10)19-23(20,21)9-6-4-8(5-7-9)22-13(16,17)18/h1-7,19H. The lowest BCUT2D eigenvalue weighted by atomic mass is 10.3. The van der Waals surface area contributed by atoms with Gasteiger partial charge >= 0.3 is 6.36 Å². The Hall–Kier alpha value is -2.36. The molecule has 0 aliphatic heterocycles. The van der Waals surface area contributed by atoms with Gasteiger partial charge in [0.15, 0.2) is 0 Å².